The van der Waals surface area contributed by atoms with Crippen molar-refractivity contribution in [2.75, 3.05) is 11.5 Å². The van der Waals surface area contributed by atoms with Crippen LogP contribution in [0.15, 0.2) is 60.0 Å². The maximum atomic E-state index is 14.3. The third-order valence-corrected chi connectivity index (χ3v) is 7.41. The molecule has 1 unspecified atom stereocenters. The number of carbonyl (C=O) groups is 2. The quantitative estimate of drug-likeness (QED) is 0.548. The Kier molecular flexibility index (Phi) is 5.33. The molecule has 9 heteroatoms. The van der Waals surface area contributed by atoms with Crippen LogP contribution in [0.5, 0.6) is 5.75 Å². The molecule has 7 nitrogen and oxygen atoms in total. The third-order valence-electron chi connectivity index (χ3n) is 6.20. The smallest absolute Gasteiger partial charge is 0.343 e. The summed E-state index contributed by atoms with van der Waals surface area (Å²) in [5.74, 6) is -1.57. The number of aryl methyl sites for hydroxylation is 1. The van der Waals surface area contributed by atoms with E-state index in [-0.39, 0.29) is 35.9 Å². The molecule has 2 aliphatic heterocycles. The lowest BCUT2D eigenvalue weighted by molar-refractivity contribution is -0.121. The predicted molar refractivity (Wildman–Crippen MR) is 127 cm³/mol. The Labute approximate surface area is 204 Å². The standard InChI is InChI=1S/C26H20FN3O4S/c1-3-33-24(31)20-14(2)35-22-21(20)34-23(29)18(12-28)26(22)17-9-4-5-10-19(17)30(25(26)32)13-15-7-6-8-16(27)11-15/h4-11H,3,13,29H2,1-2H3. The molecule has 35 heavy (non-hydrogen) atoms. The van der Waals surface area contributed by atoms with E-state index in [1.807, 2.05) is 0 Å². The van der Waals surface area contributed by atoms with E-state index < -0.39 is 23.1 Å². The summed E-state index contributed by atoms with van der Waals surface area (Å²) in [6.07, 6.45) is 0. The van der Waals surface area contributed by atoms with Crippen LogP contribution in [0, 0.1) is 24.1 Å². The SMILES string of the molecule is CCOC(=O)c1c(C)sc2c1OC(N)=C(C#N)C21C(=O)N(Cc2cccc(F)c2)c2ccccc21. The van der Waals surface area contributed by atoms with Gasteiger partial charge in [-0.3, -0.25) is 4.79 Å². The summed E-state index contributed by atoms with van der Waals surface area (Å²) >= 11 is 1.19. The molecular weight excluding hydrogens is 469 g/mol. The van der Waals surface area contributed by atoms with Crippen LogP contribution in [-0.2, 0) is 21.5 Å². The van der Waals surface area contributed by atoms with Gasteiger partial charge in [0.1, 0.15) is 23.0 Å². The van der Waals surface area contributed by atoms with Gasteiger partial charge in [0, 0.05) is 16.1 Å². The van der Waals surface area contributed by atoms with Gasteiger partial charge in [0.25, 0.3) is 0 Å². The zero-order valence-corrected chi connectivity index (χ0v) is 19.7. The summed E-state index contributed by atoms with van der Waals surface area (Å²) in [5.41, 5.74) is 6.44. The molecule has 0 aliphatic carbocycles. The Morgan fingerprint density at radius 2 is 2.06 bits per heavy atom. The number of hydrogen-bond acceptors (Lipinski definition) is 7. The van der Waals surface area contributed by atoms with E-state index in [4.69, 9.17) is 15.2 Å². The molecule has 0 saturated heterocycles. The molecule has 2 N–H and O–H groups in total. The van der Waals surface area contributed by atoms with Gasteiger partial charge in [0.05, 0.1) is 18.0 Å². The van der Waals surface area contributed by atoms with Crippen LogP contribution in [0.2, 0.25) is 0 Å². The number of anilines is 1. The molecule has 0 bridgehead atoms. The minimum atomic E-state index is -1.60. The van der Waals surface area contributed by atoms with Crippen molar-refractivity contribution in [2.45, 2.75) is 25.8 Å². The highest BCUT2D eigenvalue weighted by molar-refractivity contribution is 7.13. The molecule has 0 radical (unpaired) electrons. The summed E-state index contributed by atoms with van der Waals surface area (Å²) < 4.78 is 24.9. The summed E-state index contributed by atoms with van der Waals surface area (Å²) in [7, 11) is 0. The van der Waals surface area contributed by atoms with Crippen LogP contribution in [-0.4, -0.2) is 18.5 Å². The Bertz CT molecular complexity index is 1470. The maximum absolute atomic E-state index is 14.3. The van der Waals surface area contributed by atoms with Gasteiger partial charge in [-0.2, -0.15) is 5.26 Å². The van der Waals surface area contributed by atoms with Crippen LogP contribution < -0.4 is 15.4 Å². The Balaban J connectivity index is 1.77. The monoisotopic (exact) mass is 489 g/mol. The van der Waals surface area contributed by atoms with E-state index in [0.29, 0.717) is 26.6 Å². The highest BCUT2D eigenvalue weighted by Crippen LogP contribution is 2.58. The van der Waals surface area contributed by atoms with Gasteiger partial charge in [-0.1, -0.05) is 30.3 Å². The van der Waals surface area contributed by atoms with Crippen molar-refractivity contribution in [3.8, 4) is 11.8 Å². The minimum absolute atomic E-state index is 0.0548. The van der Waals surface area contributed by atoms with Gasteiger partial charge in [-0.05, 0) is 37.6 Å². The molecule has 2 aromatic carbocycles. The van der Waals surface area contributed by atoms with Crippen LogP contribution in [0.1, 0.15) is 38.2 Å². The van der Waals surface area contributed by atoms with E-state index in [2.05, 4.69) is 6.07 Å². The van der Waals surface area contributed by atoms with Crippen LogP contribution in [0.25, 0.3) is 0 Å². The first kappa shape index (κ1) is 22.6. The Morgan fingerprint density at radius 3 is 2.77 bits per heavy atom. The normalized spacial score (nSPS) is 18.2. The van der Waals surface area contributed by atoms with Crippen molar-refractivity contribution in [2.24, 2.45) is 5.73 Å². The number of nitrogens with zero attached hydrogens (tertiary/aromatic N) is 2. The summed E-state index contributed by atoms with van der Waals surface area (Å²) in [6.45, 7) is 3.66. The second kappa shape index (κ2) is 8.25. The van der Waals surface area contributed by atoms with E-state index >= 15 is 0 Å². The van der Waals surface area contributed by atoms with Crippen molar-refractivity contribution >= 4 is 28.9 Å². The number of para-hydroxylation sites is 1. The molecule has 0 saturated carbocycles. The second-order valence-corrected chi connectivity index (χ2v) is 9.38. The topological polar surface area (TPSA) is 106 Å². The van der Waals surface area contributed by atoms with Gasteiger partial charge < -0.3 is 20.1 Å². The Hall–Kier alpha value is -4.16. The fraction of sp³-hybridized carbons (Fsp3) is 0.192. The minimum Gasteiger partial charge on any atom is -0.462 e. The average molecular weight is 490 g/mol. The first-order valence-corrected chi connectivity index (χ1v) is 11.7. The lowest BCUT2D eigenvalue weighted by Gasteiger charge is -2.32. The number of benzene rings is 2. The molecule has 3 heterocycles. The predicted octanol–water partition coefficient (Wildman–Crippen LogP) is 4.29. The molecule has 3 aromatic rings. The number of rotatable bonds is 4. The molecule has 1 atom stereocenters. The van der Waals surface area contributed by atoms with Crippen LogP contribution in [0.3, 0.4) is 0 Å². The molecule has 0 fully saturated rings. The number of esters is 1. The van der Waals surface area contributed by atoms with Crippen LogP contribution >= 0.6 is 11.3 Å². The fourth-order valence-electron chi connectivity index (χ4n) is 4.80. The van der Waals surface area contributed by atoms with E-state index in [0.717, 1.165) is 0 Å². The lowest BCUT2D eigenvalue weighted by atomic mass is 9.72. The van der Waals surface area contributed by atoms with Crippen molar-refractivity contribution in [1.82, 2.24) is 0 Å². The molecule has 5 rings (SSSR count). The van der Waals surface area contributed by atoms with Gasteiger partial charge >= 0.3 is 5.97 Å². The summed E-state index contributed by atoms with van der Waals surface area (Å²) in [4.78, 5) is 29.6. The van der Waals surface area contributed by atoms with Crippen molar-refractivity contribution in [3.05, 3.63) is 92.2 Å². The first-order valence-electron chi connectivity index (χ1n) is 10.9. The second-order valence-electron chi connectivity index (χ2n) is 8.15. The largest absolute Gasteiger partial charge is 0.462 e. The molecule has 1 amide bonds. The third kappa shape index (κ3) is 3.14. The van der Waals surface area contributed by atoms with E-state index in [9.17, 15) is 19.2 Å². The zero-order chi connectivity index (χ0) is 24.9. The highest BCUT2D eigenvalue weighted by atomic mass is 32.1. The summed E-state index contributed by atoms with van der Waals surface area (Å²) in [6, 6.07) is 15.2. The van der Waals surface area contributed by atoms with Crippen molar-refractivity contribution in [1.29, 1.82) is 5.26 Å². The molecule has 2 aliphatic rings. The van der Waals surface area contributed by atoms with Crippen molar-refractivity contribution < 1.29 is 23.5 Å². The van der Waals surface area contributed by atoms with Crippen LogP contribution in [0.4, 0.5) is 10.1 Å². The number of nitriles is 1. The average Bonchev–Trinajstić information content (AvgIpc) is 3.28. The van der Waals surface area contributed by atoms with Crippen molar-refractivity contribution in [3.63, 3.8) is 0 Å². The number of hydrogen-bond donors (Lipinski definition) is 1. The van der Waals surface area contributed by atoms with E-state index in [1.54, 1.807) is 50.2 Å². The van der Waals surface area contributed by atoms with Gasteiger partial charge in [-0.25, -0.2) is 9.18 Å². The number of thiophene rings is 1. The van der Waals surface area contributed by atoms with Gasteiger partial charge in [0.15, 0.2) is 11.2 Å². The number of carbonyl (C=O) groups excluding carboxylic acids is 2. The molecular formula is C26H20FN3O4S. The zero-order valence-electron chi connectivity index (χ0n) is 18.9. The summed E-state index contributed by atoms with van der Waals surface area (Å²) in [5, 5.41) is 10.2. The molecule has 1 aromatic heterocycles. The molecule has 1 spiro atoms. The number of ether oxygens (including phenoxy) is 2. The highest BCUT2D eigenvalue weighted by Gasteiger charge is 2.60. The van der Waals surface area contributed by atoms with E-state index in [1.165, 1.54) is 28.4 Å². The lowest BCUT2D eigenvalue weighted by Crippen LogP contribution is -2.45. The first-order chi connectivity index (χ1) is 16.8. The fourth-order valence-corrected chi connectivity index (χ4v) is 6.07. The number of nitrogens with two attached hydrogens (primary N) is 1. The number of halogens is 1. The maximum Gasteiger partial charge on any atom is 0.343 e. The van der Waals surface area contributed by atoms with Gasteiger partial charge in [-0.15, -0.1) is 11.3 Å². The molecule has 176 valence electrons. The number of amides is 1. The van der Waals surface area contributed by atoms with Gasteiger partial charge in [0.2, 0.25) is 11.8 Å². The number of fused-ring (bicyclic) bond motifs is 4. The Morgan fingerprint density at radius 1 is 1.29 bits per heavy atom.